The fourth-order valence-electron chi connectivity index (χ4n) is 3.21. The van der Waals surface area contributed by atoms with Crippen LogP contribution in [0.4, 0.5) is 5.69 Å². The summed E-state index contributed by atoms with van der Waals surface area (Å²) >= 11 is 0. The van der Waals surface area contributed by atoms with Crippen molar-refractivity contribution in [3.8, 4) is 0 Å². The predicted molar refractivity (Wildman–Crippen MR) is 94.1 cm³/mol. The lowest BCUT2D eigenvalue weighted by Gasteiger charge is -2.35. The summed E-state index contributed by atoms with van der Waals surface area (Å²) in [5, 5.41) is 16.2. The quantitative estimate of drug-likeness (QED) is 0.496. The van der Waals surface area contributed by atoms with E-state index < -0.39 is 5.41 Å². The van der Waals surface area contributed by atoms with Gasteiger partial charge in [0.05, 0.1) is 11.0 Å². The maximum Gasteiger partial charge on any atom is 0.256 e. The van der Waals surface area contributed by atoms with Crippen molar-refractivity contribution in [1.29, 1.82) is 0 Å². The van der Waals surface area contributed by atoms with Crippen molar-refractivity contribution in [3.63, 3.8) is 0 Å². The zero-order chi connectivity index (χ0) is 18.7. The highest BCUT2D eigenvalue weighted by Crippen LogP contribution is 2.36. The Labute approximate surface area is 150 Å². The number of hydrogen-bond donors (Lipinski definition) is 2. The number of nitrogens with one attached hydrogen (secondary N) is 2. The molecule has 134 valence electrons. The fourth-order valence-corrected chi connectivity index (χ4v) is 3.21. The smallest absolute Gasteiger partial charge is 0.256 e. The van der Waals surface area contributed by atoms with Gasteiger partial charge in [0.2, 0.25) is 11.8 Å². The molecule has 0 bridgehead atoms. The molecular weight excluding hydrogens is 334 g/mol. The molecule has 2 heterocycles. The first-order valence-electron chi connectivity index (χ1n) is 8.39. The molecule has 7 heteroatoms. The minimum absolute atomic E-state index is 0.245. The summed E-state index contributed by atoms with van der Waals surface area (Å²) in [4.78, 5) is 36.0. The zero-order valence-electron chi connectivity index (χ0n) is 14.3. The number of benzene rings is 1. The molecule has 1 fully saturated rings. The number of nitrogens with zero attached hydrogens (tertiary/aromatic N) is 1. The number of pyridine rings is 1. The van der Waals surface area contributed by atoms with Crippen LogP contribution in [0, 0.1) is 5.21 Å². The van der Waals surface area contributed by atoms with Gasteiger partial charge in [-0.3, -0.25) is 19.7 Å². The van der Waals surface area contributed by atoms with Crippen molar-refractivity contribution >= 4 is 23.4 Å². The highest BCUT2D eigenvalue weighted by atomic mass is 16.5. The van der Waals surface area contributed by atoms with E-state index in [1.807, 2.05) is 6.92 Å². The topological polar surface area (TPSA) is 102 Å². The largest absolute Gasteiger partial charge is 0.619 e. The van der Waals surface area contributed by atoms with E-state index in [4.69, 9.17) is 0 Å². The van der Waals surface area contributed by atoms with Gasteiger partial charge in [0, 0.05) is 24.2 Å². The molecule has 2 aromatic rings. The van der Waals surface area contributed by atoms with E-state index in [0.717, 1.165) is 5.56 Å². The number of imide groups is 1. The predicted octanol–water partition coefficient (Wildman–Crippen LogP) is 1.66. The van der Waals surface area contributed by atoms with Gasteiger partial charge in [-0.2, -0.15) is 4.73 Å². The normalized spacial score (nSPS) is 19.7. The lowest BCUT2D eigenvalue weighted by Crippen LogP contribution is -2.51. The van der Waals surface area contributed by atoms with E-state index in [0.29, 0.717) is 35.2 Å². The molecule has 0 aliphatic carbocycles. The number of piperidine rings is 1. The van der Waals surface area contributed by atoms with E-state index in [9.17, 15) is 19.6 Å². The molecule has 1 saturated heterocycles. The molecule has 1 aromatic heterocycles. The van der Waals surface area contributed by atoms with Crippen molar-refractivity contribution in [2.24, 2.45) is 0 Å². The molecule has 0 radical (unpaired) electrons. The van der Waals surface area contributed by atoms with Crippen LogP contribution in [0.5, 0.6) is 0 Å². The number of rotatable bonds is 4. The molecule has 0 spiro atoms. The monoisotopic (exact) mass is 353 g/mol. The highest BCUT2D eigenvalue weighted by molar-refractivity contribution is 6.05. The Hall–Kier alpha value is -3.22. The third-order valence-corrected chi connectivity index (χ3v) is 4.83. The van der Waals surface area contributed by atoms with Gasteiger partial charge in [-0.1, -0.05) is 19.1 Å². The van der Waals surface area contributed by atoms with E-state index in [1.165, 1.54) is 24.5 Å². The Balaban J connectivity index is 1.77. The van der Waals surface area contributed by atoms with Crippen LogP contribution in [0.2, 0.25) is 0 Å². The number of anilines is 1. The average molecular weight is 353 g/mol. The second-order valence-corrected chi connectivity index (χ2v) is 6.29. The van der Waals surface area contributed by atoms with Crippen LogP contribution in [0.25, 0.3) is 0 Å². The van der Waals surface area contributed by atoms with Gasteiger partial charge in [-0.05, 0) is 30.5 Å². The number of carbonyl (C=O) groups excluding carboxylic acids is 3. The number of amides is 3. The summed E-state index contributed by atoms with van der Waals surface area (Å²) in [6.07, 6.45) is 3.87. The van der Waals surface area contributed by atoms with Gasteiger partial charge in [-0.25, -0.2) is 0 Å². The Morgan fingerprint density at radius 2 is 1.85 bits per heavy atom. The molecule has 26 heavy (non-hydrogen) atoms. The van der Waals surface area contributed by atoms with Gasteiger partial charge >= 0.3 is 0 Å². The maximum atomic E-state index is 12.4. The molecule has 1 aliphatic rings. The zero-order valence-corrected chi connectivity index (χ0v) is 14.3. The van der Waals surface area contributed by atoms with Gasteiger partial charge in [0.25, 0.3) is 5.91 Å². The van der Waals surface area contributed by atoms with Crippen LogP contribution in [0.15, 0.2) is 48.8 Å². The van der Waals surface area contributed by atoms with Gasteiger partial charge in [0.15, 0.2) is 12.4 Å². The van der Waals surface area contributed by atoms with Crippen LogP contribution < -0.4 is 15.4 Å². The molecule has 1 atom stereocenters. The third-order valence-electron chi connectivity index (χ3n) is 4.83. The average Bonchev–Trinajstić information content (AvgIpc) is 2.64. The van der Waals surface area contributed by atoms with Crippen LogP contribution in [0.1, 0.15) is 42.1 Å². The molecular formula is C19H19N3O4. The minimum atomic E-state index is -0.725. The summed E-state index contributed by atoms with van der Waals surface area (Å²) in [5.41, 5.74) is 1.04. The first-order valence-corrected chi connectivity index (χ1v) is 8.39. The van der Waals surface area contributed by atoms with Crippen LogP contribution in [0.3, 0.4) is 0 Å². The Morgan fingerprint density at radius 3 is 2.42 bits per heavy atom. The summed E-state index contributed by atoms with van der Waals surface area (Å²) in [7, 11) is 0. The van der Waals surface area contributed by atoms with E-state index in [2.05, 4.69) is 10.6 Å². The maximum absolute atomic E-state index is 12.4. The first kappa shape index (κ1) is 17.6. The first-order chi connectivity index (χ1) is 12.4. The second kappa shape index (κ2) is 6.95. The molecule has 1 aliphatic heterocycles. The van der Waals surface area contributed by atoms with Crippen molar-refractivity contribution in [2.45, 2.75) is 31.6 Å². The lowest BCUT2D eigenvalue weighted by molar-refractivity contribution is -0.605. The van der Waals surface area contributed by atoms with Crippen LogP contribution in [-0.4, -0.2) is 17.7 Å². The molecule has 3 amide bonds. The summed E-state index contributed by atoms with van der Waals surface area (Å²) in [6, 6.07) is 9.92. The standard InChI is InChI=1S/C19H19N3O4/c1-2-19(10-7-16(23)21-18(19)25)14-3-5-15(6-4-14)20-17(24)13-8-11-22(26)12-9-13/h3-6,8-9,11-12H,2,7,10H2,1H3,(H,20,24)(H,21,23,25). The molecule has 2 N–H and O–H groups in total. The van der Waals surface area contributed by atoms with Crippen molar-refractivity contribution in [3.05, 3.63) is 65.1 Å². The van der Waals surface area contributed by atoms with Crippen LogP contribution in [-0.2, 0) is 15.0 Å². The van der Waals surface area contributed by atoms with Gasteiger partial charge < -0.3 is 10.5 Å². The second-order valence-electron chi connectivity index (χ2n) is 6.29. The number of aromatic nitrogens is 1. The highest BCUT2D eigenvalue weighted by Gasteiger charge is 2.42. The minimum Gasteiger partial charge on any atom is -0.619 e. The summed E-state index contributed by atoms with van der Waals surface area (Å²) in [6.45, 7) is 1.92. The third kappa shape index (κ3) is 3.28. The summed E-state index contributed by atoms with van der Waals surface area (Å²) in [5.74, 6) is -0.849. The van der Waals surface area contributed by atoms with Crippen molar-refractivity contribution in [2.75, 3.05) is 5.32 Å². The fraction of sp³-hybridized carbons (Fsp3) is 0.263. The number of carbonyl (C=O) groups is 3. The number of hydrogen-bond acceptors (Lipinski definition) is 4. The van der Waals surface area contributed by atoms with E-state index >= 15 is 0 Å². The lowest BCUT2D eigenvalue weighted by atomic mass is 9.72. The van der Waals surface area contributed by atoms with Crippen LogP contribution >= 0.6 is 0 Å². The molecule has 1 unspecified atom stereocenters. The van der Waals surface area contributed by atoms with E-state index in [1.54, 1.807) is 24.3 Å². The SMILES string of the molecule is CCC1(c2ccc(NC(=O)c3cc[n+]([O-])cc3)cc2)CCC(=O)NC1=O. The molecule has 0 saturated carbocycles. The van der Waals surface area contributed by atoms with Gasteiger partial charge in [0.1, 0.15) is 0 Å². The molecule has 7 nitrogen and oxygen atoms in total. The van der Waals surface area contributed by atoms with E-state index in [-0.39, 0.29) is 17.7 Å². The van der Waals surface area contributed by atoms with Crippen molar-refractivity contribution in [1.82, 2.24) is 5.32 Å². The van der Waals surface area contributed by atoms with Gasteiger partial charge in [-0.15, -0.1) is 0 Å². The summed E-state index contributed by atoms with van der Waals surface area (Å²) < 4.78 is 0.607. The van der Waals surface area contributed by atoms with Crippen molar-refractivity contribution < 1.29 is 19.1 Å². The Morgan fingerprint density at radius 1 is 1.19 bits per heavy atom. The molecule has 1 aromatic carbocycles. The molecule has 3 rings (SSSR count). The Bertz CT molecular complexity index is 846. The Kier molecular flexibility index (Phi) is 4.71.